The van der Waals surface area contributed by atoms with E-state index >= 15 is 0 Å². The zero-order chi connectivity index (χ0) is 43.5. The number of carbonyl (C=O) groups excluding carboxylic acids is 5. The highest BCUT2D eigenvalue weighted by molar-refractivity contribution is 5.84. The summed E-state index contributed by atoms with van der Waals surface area (Å²) in [6.45, 7) is 9.03. The number of rotatable bonds is 41. The topological polar surface area (TPSA) is 233 Å². The number of ketones is 2. The quantitative estimate of drug-likeness (QED) is 0.0492. The summed E-state index contributed by atoms with van der Waals surface area (Å²) in [6.07, 6.45) is 16.5. The summed E-state index contributed by atoms with van der Waals surface area (Å²) in [7, 11) is 0. The summed E-state index contributed by atoms with van der Waals surface area (Å²) in [5.41, 5.74) is 0. The SMILES string of the molecule is CCCC(=O)CC[C@H](NC(=O)CCCCCCCCCCCCCCC(=O)O)C(=O)O.CCOCCOCC(=O)NCCOCCOCC(=O)CCCNC(=O)CC. The van der Waals surface area contributed by atoms with Crippen molar-refractivity contribution in [3.8, 4) is 0 Å². The maximum absolute atomic E-state index is 12.0. The summed E-state index contributed by atoms with van der Waals surface area (Å²) in [5.74, 6) is -2.22. The molecule has 5 N–H and O–H groups in total. The van der Waals surface area contributed by atoms with Gasteiger partial charge in [-0.15, -0.1) is 0 Å². The van der Waals surface area contributed by atoms with Crippen molar-refractivity contribution in [3.05, 3.63) is 0 Å². The molecule has 0 heterocycles. The number of ether oxygens (including phenoxy) is 4. The monoisotopic (exact) mass is 832 g/mol. The van der Waals surface area contributed by atoms with Crippen LogP contribution in [0.2, 0.25) is 0 Å². The molecule has 16 nitrogen and oxygen atoms in total. The molecule has 0 rings (SSSR count). The molecule has 0 unspecified atom stereocenters. The molecule has 0 aliphatic rings. The molecule has 0 saturated carbocycles. The van der Waals surface area contributed by atoms with Crippen molar-refractivity contribution in [1.82, 2.24) is 16.0 Å². The minimum Gasteiger partial charge on any atom is -0.481 e. The molecule has 58 heavy (non-hydrogen) atoms. The Labute approximate surface area is 347 Å². The first-order valence-corrected chi connectivity index (χ1v) is 21.6. The average molecular weight is 832 g/mol. The van der Waals surface area contributed by atoms with Gasteiger partial charge in [0.15, 0.2) is 5.78 Å². The number of Topliss-reactive ketones (excluding diaryl/α,β-unsaturated/α-hetero) is 2. The third-order valence-electron chi connectivity index (χ3n) is 8.71. The van der Waals surface area contributed by atoms with Crippen molar-refractivity contribution in [3.63, 3.8) is 0 Å². The van der Waals surface area contributed by atoms with Crippen LogP contribution in [0.3, 0.4) is 0 Å². The predicted molar refractivity (Wildman–Crippen MR) is 220 cm³/mol. The summed E-state index contributed by atoms with van der Waals surface area (Å²) in [6, 6.07) is -0.981. The minimum atomic E-state index is -1.09. The fourth-order valence-electron chi connectivity index (χ4n) is 5.42. The van der Waals surface area contributed by atoms with Crippen LogP contribution in [0.25, 0.3) is 0 Å². The van der Waals surface area contributed by atoms with Gasteiger partial charge >= 0.3 is 11.9 Å². The lowest BCUT2D eigenvalue weighted by Crippen LogP contribution is -2.41. The fraction of sp³-hybridized carbons (Fsp3) is 0.833. The standard InChI is InChI=1S/C24H43NO6.C18H34N2O7/c1-2-15-20(26)18-19-21(24(30)31)25-22(27)16-13-11-9-7-5-3-4-6-8-10-12-14-17-23(28)29;1-3-17(22)19-7-5-6-16(21)14-26-13-11-25-9-8-20-18(23)15-27-12-10-24-4-2/h21H,2-19H2,1H3,(H,25,27)(H,28,29)(H,30,31);3-15H2,1-2H3,(H,19,22)(H,20,23)/t21-;/m0./s1. The van der Waals surface area contributed by atoms with E-state index in [1.165, 1.54) is 32.1 Å². The average Bonchev–Trinajstić information content (AvgIpc) is 3.19. The molecule has 0 aliphatic heterocycles. The number of aliphatic carboxylic acids is 2. The van der Waals surface area contributed by atoms with Gasteiger partial charge in [0.2, 0.25) is 17.7 Å². The van der Waals surface area contributed by atoms with Crippen LogP contribution in [0.15, 0.2) is 0 Å². The lowest BCUT2D eigenvalue weighted by atomic mass is 10.0. The van der Waals surface area contributed by atoms with Crippen LogP contribution >= 0.6 is 0 Å². The van der Waals surface area contributed by atoms with Gasteiger partial charge in [0.05, 0.1) is 33.0 Å². The van der Waals surface area contributed by atoms with E-state index in [2.05, 4.69) is 16.0 Å². The molecule has 0 aromatic heterocycles. The zero-order valence-electron chi connectivity index (χ0n) is 35.9. The van der Waals surface area contributed by atoms with Gasteiger partial charge in [0.25, 0.3) is 0 Å². The van der Waals surface area contributed by atoms with Gasteiger partial charge in [0.1, 0.15) is 25.0 Å². The fourth-order valence-corrected chi connectivity index (χ4v) is 5.42. The van der Waals surface area contributed by atoms with Crippen molar-refractivity contribution in [2.45, 2.75) is 162 Å². The van der Waals surface area contributed by atoms with Gasteiger partial charge in [-0.05, 0) is 39.0 Å². The van der Waals surface area contributed by atoms with Crippen LogP contribution in [0.4, 0.5) is 0 Å². The van der Waals surface area contributed by atoms with Crippen LogP contribution in [0, 0.1) is 0 Å². The smallest absolute Gasteiger partial charge is 0.326 e. The van der Waals surface area contributed by atoms with Gasteiger partial charge in [-0.3, -0.25) is 28.8 Å². The summed E-state index contributed by atoms with van der Waals surface area (Å²) in [5, 5.41) is 25.7. The number of hydrogen-bond donors (Lipinski definition) is 5. The van der Waals surface area contributed by atoms with E-state index in [4.69, 9.17) is 24.1 Å². The Kier molecular flexibility index (Phi) is 42.1. The van der Waals surface area contributed by atoms with Crippen LogP contribution in [-0.4, -0.2) is 123 Å². The Bertz CT molecular complexity index is 1090. The number of amides is 3. The van der Waals surface area contributed by atoms with Gasteiger partial charge < -0.3 is 45.1 Å². The number of nitrogens with one attached hydrogen (secondary N) is 3. The second-order valence-electron chi connectivity index (χ2n) is 14.0. The molecule has 338 valence electrons. The number of hydrogen-bond acceptors (Lipinski definition) is 11. The Morgan fingerprint density at radius 1 is 0.483 bits per heavy atom. The molecule has 16 heteroatoms. The van der Waals surface area contributed by atoms with Crippen LogP contribution in [-0.2, 0) is 52.5 Å². The second kappa shape index (κ2) is 43.1. The van der Waals surface area contributed by atoms with E-state index in [0.29, 0.717) is 84.8 Å². The maximum Gasteiger partial charge on any atom is 0.326 e. The summed E-state index contributed by atoms with van der Waals surface area (Å²) >= 11 is 0. The van der Waals surface area contributed by atoms with E-state index < -0.39 is 18.0 Å². The van der Waals surface area contributed by atoms with Crippen molar-refractivity contribution < 1.29 is 62.7 Å². The molecular formula is C42H77N3O13. The van der Waals surface area contributed by atoms with Gasteiger partial charge in [-0.2, -0.15) is 0 Å². The van der Waals surface area contributed by atoms with Crippen molar-refractivity contribution in [1.29, 1.82) is 0 Å². The molecule has 0 aliphatic carbocycles. The highest BCUT2D eigenvalue weighted by Gasteiger charge is 2.20. The predicted octanol–water partition coefficient (Wildman–Crippen LogP) is 5.32. The van der Waals surface area contributed by atoms with Crippen LogP contribution in [0.1, 0.15) is 156 Å². The third-order valence-corrected chi connectivity index (χ3v) is 8.71. The number of carboxylic acid groups (broad SMARTS) is 2. The van der Waals surface area contributed by atoms with E-state index in [1.54, 1.807) is 6.92 Å². The first-order valence-electron chi connectivity index (χ1n) is 21.6. The molecule has 0 fully saturated rings. The Morgan fingerprint density at radius 2 is 1.02 bits per heavy atom. The van der Waals surface area contributed by atoms with Gasteiger partial charge in [-0.25, -0.2) is 4.79 Å². The highest BCUT2D eigenvalue weighted by atomic mass is 16.5. The summed E-state index contributed by atoms with van der Waals surface area (Å²) < 4.78 is 20.7. The van der Waals surface area contributed by atoms with Gasteiger partial charge in [0, 0.05) is 58.2 Å². The zero-order valence-corrected chi connectivity index (χ0v) is 35.9. The minimum absolute atomic E-state index is 0.000418. The van der Waals surface area contributed by atoms with Gasteiger partial charge in [-0.1, -0.05) is 78.1 Å². The Balaban J connectivity index is 0. The molecule has 0 aromatic carbocycles. The normalized spacial score (nSPS) is 11.2. The molecule has 0 bridgehead atoms. The Hall–Kier alpha value is -3.47. The molecular weight excluding hydrogens is 754 g/mol. The van der Waals surface area contributed by atoms with Crippen LogP contribution in [0.5, 0.6) is 0 Å². The molecule has 0 spiro atoms. The second-order valence-corrected chi connectivity index (χ2v) is 14.0. The lowest BCUT2D eigenvalue weighted by Gasteiger charge is -2.14. The highest BCUT2D eigenvalue weighted by Crippen LogP contribution is 2.13. The first kappa shape index (κ1) is 56.6. The van der Waals surface area contributed by atoms with Crippen molar-refractivity contribution in [2.24, 2.45) is 0 Å². The van der Waals surface area contributed by atoms with E-state index in [1.807, 2.05) is 13.8 Å². The van der Waals surface area contributed by atoms with Crippen molar-refractivity contribution >= 4 is 41.2 Å². The van der Waals surface area contributed by atoms with Crippen molar-refractivity contribution in [2.75, 3.05) is 65.9 Å². The molecule has 0 saturated heterocycles. The number of carboxylic acids is 2. The third kappa shape index (κ3) is 43.6. The summed E-state index contributed by atoms with van der Waals surface area (Å²) in [4.78, 5) is 79.2. The number of carbonyl (C=O) groups is 7. The maximum atomic E-state index is 12.0. The van der Waals surface area contributed by atoms with E-state index in [-0.39, 0.29) is 61.8 Å². The molecule has 1 atom stereocenters. The van der Waals surface area contributed by atoms with Crippen LogP contribution < -0.4 is 16.0 Å². The number of unbranched alkanes of at least 4 members (excludes halogenated alkanes) is 11. The molecule has 0 radical (unpaired) electrons. The van der Waals surface area contributed by atoms with E-state index in [9.17, 15) is 38.7 Å². The largest absolute Gasteiger partial charge is 0.481 e. The molecule has 0 aromatic rings. The first-order chi connectivity index (χ1) is 28.0. The lowest BCUT2D eigenvalue weighted by molar-refractivity contribution is -0.142. The Morgan fingerprint density at radius 3 is 1.57 bits per heavy atom. The molecule has 3 amide bonds. The van der Waals surface area contributed by atoms with E-state index in [0.717, 1.165) is 51.4 Å².